The zero-order valence-electron chi connectivity index (χ0n) is 9.15. The molecule has 0 amide bonds. The van der Waals surface area contributed by atoms with Crippen LogP contribution in [0.3, 0.4) is 0 Å². The topological polar surface area (TPSA) is 35.0 Å². The quantitative estimate of drug-likeness (QED) is 0.801. The van der Waals surface area contributed by atoms with Gasteiger partial charge in [-0.3, -0.25) is 4.98 Å². The molecule has 17 heavy (non-hydrogen) atoms. The molecule has 5 heteroatoms. The van der Waals surface area contributed by atoms with E-state index in [1.165, 1.54) is 0 Å². The van der Waals surface area contributed by atoms with E-state index in [-0.39, 0.29) is 0 Å². The molecule has 0 radical (unpaired) electrons. The Balaban J connectivity index is 2.33. The first-order valence-electron chi connectivity index (χ1n) is 5.00. The lowest BCUT2D eigenvalue weighted by atomic mass is 10.3. The number of ether oxygens (including phenoxy) is 1. The number of rotatable bonds is 3. The van der Waals surface area contributed by atoms with E-state index in [2.05, 4.69) is 25.9 Å². The Kier molecular flexibility index (Phi) is 3.97. The van der Waals surface area contributed by atoms with E-state index in [1.807, 2.05) is 25.1 Å². The SMILES string of the molecule is Cc1ncccc1Oc1ncc(Br)cc1CCl. The van der Waals surface area contributed by atoms with E-state index < -0.39 is 0 Å². The highest BCUT2D eigenvalue weighted by atomic mass is 79.9. The molecule has 0 N–H and O–H groups in total. The van der Waals surface area contributed by atoms with Crippen LogP contribution in [0.15, 0.2) is 35.1 Å². The average Bonchev–Trinajstić information content (AvgIpc) is 2.34. The van der Waals surface area contributed by atoms with Gasteiger partial charge < -0.3 is 4.74 Å². The minimum Gasteiger partial charge on any atom is -0.437 e. The lowest BCUT2D eigenvalue weighted by molar-refractivity contribution is 0.452. The van der Waals surface area contributed by atoms with Crippen LogP contribution in [0.1, 0.15) is 11.3 Å². The van der Waals surface area contributed by atoms with Crippen molar-refractivity contribution in [1.82, 2.24) is 9.97 Å². The number of nitrogens with zero attached hydrogens (tertiary/aromatic N) is 2. The molecule has 88 valence electrons. The third kappa shape index (κ3) is 2.96. The van der Waals surface area contributed by atoms with Gasteiger partial charge in [0, 0.05) is 22.4 Å². The molecular weight excluding hydrogens is 304 g/mol. The van der Waals surface area contributed by atoms with Gasteiger partial charge in [-0.2, -0.15) is 0 Å². The summed E-state index contributed by atoms with van der Waals surface area (Å²) in [6.07, 6.45) is 3.40. The first-order valence-corrected chi connectivity index (χ1v) is 6.33. The molecule has 2 rings (SSSR count). The number of hydrogen-bond acceptors (Lipinski definition) is 3. The summed E-state index contributed by atoms with van der Waals surface area (Å²) in [6.45, 7) is 1.88. The number of aryl methyl sites for hydroxylation is 1. The van der Waals surface area contributed by atoms with Gasteiger partial charge in [0.25, 0.3) is 0 Å². The van der Waals surface area contributed by atoms with Crippen LogP contribution >= 0.6 is 27.5 Å². The smallest absolute Gasteiger partial charge is 0.223 e. The van der Waals surface area contributed by atoms with Crippen molar-refractivity contribution < 1.29 is 4.74 Å². The minimum absolute atomic E-state index is 0.348. The summed E-state index contributed by atoms with van der Waals surface area (Å²) < 4.78 is 6.59. The van der Waals surface area contributed by atoms with Gasteiger partial charge in [-0.1, -0.05) is 0 Å². The van der Waals surface area contributed by atoms with Gasteiger partial charge >= 0.3 is 0 Å². The Bertz CT molecular complexity index is 534. The van der Waals surface area contributed by atoms with Crippen molar-refractivity contribution >= 4 is 27.5 Å². The fraction of sp³-hybridized carbons (Fsp3) is 0.167. The molecule has 0 bridgehead atoms. The molecule has 0 aliphatic rings. The largest absolute Gasteiger partial charge is 0.437 e. The Morgan fingerprint density at radius 1 is 1.41 bits per heavy atom. The van der Waals surface area contributed by atoms with Crippen molar-refractivity contribution in [2.45, 2.75) is 12.8 Å². The highest BCUT2D eigenvalue weighted by Crippen LogP contribution is 2.27. The Labute approximate surface area is 113 Å². The van der Waals surface area contributed by atoms with Crippen molar-refractivity contribution in [3.05, 3.63) is 46.3 Å². The van der Waals surface area contributed by atoms with Crippen molar-refractivity contribution in [2.24, 2.45) is 0 Å². The standard InChI is InChI=1S/C12H10BrClN2O/c1-8-11(3-2-4-15-8)17-12-9(6-14)5-10(13)7-16-12/h2-5,7H,6H2,1H3. The first kappa shape index (κ1) is 12.3. The van der Waals surface area contributed by atoms with Crippen molar-refractivity contribution in [1.29, 1.82) is 0 Å². The number of pyridine rings is 2. The third-order valence-electron chi connectivity index (χ3n) is 2.20. The van der Waals surface area contributed by atoms with Gasteiger partial charge in [-0.25, -0.2) is 4.98 Å². The average molecular weight is 314 g/mol. The fourth-order valence-corrected chi connectivity index (χ4v) is 1.91. The fourth-order valence-electron chi connectivity index (χ4n) is 1.34. The van der Waals surface area contributed by atoms with Crippen LogP contribution in [0.25, 0.3) is 0 Å². The maximum absolute atomic E-state index is 5.85. The molecule has 0 fully saturated rings. The second kappa shape index (κ2) is 5.47. The zero-order chi connectivity index (χ0) is 12.3. The minimum atomic E-state index is 0.348. The number of hydrogen-bond donors (Lipinski definition) is 0. The maximum atomic E-state index is 5.85. The summed E-state index contributed by atoms with van der Waals surface area (Å²) in [5.74, 6) is 1.55. The van der Waals surface area contributed by atoms with Crippen LogP contribution < -0.4 is 4.74 Å². The molecule has 0 saturated heterocycles. The summed E-state index contributed by atoms with van der Waals surface area (Å²) in [5.41, 5.74) is 1.65. The molecule has 2 aromatic heterocycles. The summed E-state index contributed by atoms with van der Waals surface area (Å²) in [6, 6.07) is 5.56. The predicted octanol–water partition coefficient (Wildman–Crippen LogP) is 4.08. The van der Waals surface area contributed by atoms with Gasteiger partial charge in [0.2, 0.25) is 5.88 Å². The monoisotopic (exact) mass is 312 g/mol. The first-order chi connectivity index (χ1) is 8.20. The van der Waals surface area contributed by atoms with E-state index in [0.717, 1.165) is 15.7 Å². The highest BCUT2D eigenvalue weighted by molar-refractivity contribution is 9.10. The van der Waals surface area contributed by atoms with Crippen molar-refractivity contribution in [3.8, 4) is 11.6 Å². The van der Waals surface area contributed by atoms with Crippen molar-refractivity contribution in [2.75, 3.05) is 0 Å². The molecule has 0 aliphatic heterocycles. The van der Waals surface area contributed by atoms with Crippen LogP contribution in [0.4, 0.5) is 0 Å². The van der Waals surface area contributed by atoms with E-state index in [0.29, 0.717) is 17.5 Å². The molecule has 0 unspecified atom stereocenters. The van der Waals surface area contributed by atoms with Gasteiger partial charge in [0.15, 0.2) is 5.75 Å². The Hall–Kier alpha value is -1.13. The van der Waals surface area contributed by atoms with Gasteiger partial charge in [-0.05, 0) is 41.1 Å². The second-order valence-electron chi connectivity index (χ2n) is 3.44. The summed E-state index contributed by atoms with van der Waals surface area (Å²) in [7, 11) is 0. The van der Waals surface area contributed by atoms with Gasteiger partial charge in [0.1, 0.15) is 0 Å². The molecule has 0 aliphatic carbocycles. The van der Waals surface area contributed by atoms with Gasteiger partial charge in [-0.15, -0.1) is 11.6 Å². The van der Waals surface area contributed by atoms with Crippen LogP contribution in [0, 0.1) is 6.92 Å². The molecule has 0 saturated carbocycles. The number of halogens is 2. The van der Waals surface area contributed by atoms with Crippen LogP contribution in [-0.2, 0) is 5.88 Å². The normalized spacial score (nSPS) is 10.3. The summed E-state index contributed by atoms with van der Waals surface area (Å²) in [5, 5.41) is 0. The molecular formula is C12H10BrClN2O. The van der Waals surface area contributed by atoms with E-state index >= 15 is 0 Å². The number of aromatic nitrogens is 2. The lowest BCUT2D eigenvalue weighted by Crippen LogP contribution is -1.95. The third-order valence-corrected chi connectivity index (χ3v) is 2.92. The highest BCUT2D eigenvalue weighted by Gasteiger charge is 2.08. The van der Waals surface area contributed by atoms with E-state index in [1.54, 1.807) is 12.4 Å². The maximum Gasteiger partial charge on any atom is 0.223 e. The van der Waals surface area contributed by atoms with E-state index in [4.69, 9.17) is 16.3 Å². The summed E-state index contributed by atoms with van der Waals surface area (Å²) in [4.78, 5) is 8.36. The zero-order valence-corrected chi connectivity index (χ0v) is 11.5. The lowest BCUT2D eigenvalue weighted by Gasteiger charge is -2.09. The molecule has 0 spiro atoms. The molecule has 0 atom stereocenters. The Morgan fingerprint density at radius 3 is 2.94 bits per heavy atom. The van der Waals surface area contributed by atoms with Crippen molar-refractivity contribution in [3.63, 3.8) is 0 Å². The second-order valence-corrected chi connectivity index (χ2v) is 4.62. The van der Waals surface area contributed by atoms with E-state index in [9.17, 15) is 0 Å². The molecule has 2 heterocycles. The molecule has 0 aromatic carbocycles. The Morgan fingerprint density at radius 2 is 2.24 bits per heavy atom. The number of alkyl halides is 1. The molecule has 3 nitrogen and oxygen atoms in total. The van der Waals surface area contributed by atoms with Crippen LogP contribution in [0.2, 0.25) is 0 Å². The van der Waals surface area contributed by atoms with Gasteiger partial charge in [0.05, 0.1) is 11.6 Å². The predicted molar refractivity (Wildman–Crippen MR) is 70.5 cm³/mol. The van der Waals surface area contributed by atoms with Crippen LogP contribution in [-0.4, -0.2) is 9.97 Å². The molecule has 2 aromatic rings. The van der Waals surface area contributed by atoms with Crippen LogP contribution in [0.5, 0.6) is 11.6 Å². The summed E-state index contributed by atoms with van der Waals surface area (Å²) >= 11 is 9.20.